The largest absolute Gasteiger partial charge is 0.497 e. The van der Waals surface area contributed by atoms with Gasteiger partial charge in [-0.2, -0.15) is 0 Å². The molecule has 1 aromatic carbocycles. The molecule has 1 rings (SSSR count). The fourth-order valence-corrected chi connectivity index (χ4v) is 0.959. The van der Waals surface area contributed by atoms with Crippen LogP contribution >= 0.6 is 0 Å². The molecule has 0 spiro atoms. The van der Waals surface area contributed by atoms with E-state index in [0.29, 0.717) is 6.61 Å². The molecule has 0 radical (unpaired) electrons. The van der Waals surface area contributed by atoms with Gasteiger partial charge in [0, 0.05) is 0 Å². The summed E-state index contributed by atoms with van der Waals surface area (Å²) in [4.78, 5) is 0. The van der Waals surface area contributed by atoms with Crippen molar-refractivity contribution in [1.29, 1.82) is 0 Å². The molecule has 0 aromatic heterocycles. The topological polar surface area (TPSA) is 29.5 Å². The summed E-state index contributed by atoms with van der Waals surface area (Å²) in [6.45, 7) is 0.632. The number of aliphatic hydroxyl groups is 1. The van der Waals surface area contributed by atoms with E-state index in [1.165, 1.54) is 0 Å². The smallest absolute Gasteiger partial charge is 0.112 e. The third-order valence-corrected chi connectivity index (χ3v) is 1.62. The lowest BCUT2D eigenvalue weighted by Crippen LogP contribution is -1.84. The highest BCUT2D eigenvalue weighted by Crippen LogP contribution is 2.00. The highest BCUT2D eigenvalue weighted by molar-refractivity contribution is 5.13. The van der Waals surface area contributed by atoms with Gasteiger partial charge in [0.1, 0.15) is 6.61 Å². The molecule has 0 saturated carbocycles. The van der Waals surface area contributed by atoms with Gasteiger partial charge in [-0.25, -0.2) is 0 Å². The van der Waals surface area contributed by atoms with E-state index in [4.69, 9.17) is 9.84 Å². The van der Waals surface area contributed by atoms with Gasteiger partial charge in [-0.3, -0.25) is 0 Å². The van der Waals surface area contributed by atoms with Gasteiger partial charge in [-0.15, -0.1) is 0 Å². The second-order valence-corrected chi connectivity index (χ2v) is 2.74. The standard InChI is InChI=1S/C12H14O2/c13-9-5-2-6-10-14-11-12-7-3-1-4-8-12/h1-8,10,13H,9,11H2/b5-2+,10-6-. The van der Waals surface area contributed by atoms with E-state index in [2.05, 4.69) is 0 Å². The van der Waals surface area contributed by atoms with Crippen LogP contribution in [0.1, 0.15) is 5.56 Å². The lowest BCUT2D eigenvalue weighted by atomic mass is 10.2. The predicted molar refractivity (Wildman–Crippen MR) is 56.6 cm³/mol. The van der Waals surface area contributed by atoms with Gasteiger partial charge in [0.2, 0.25) is 0 Å². The van der Waals surface area contributed by atoms with Crippen molar-refractivity contribution in [3.8, 4) is 0 Å². The first-order valence-corrected chi connectivity index (χ1v) is 4.51. The Morgan fingerprint density at radius 2 is 1.93 bits per heavy atom. The van der Waals surface area contributed by atoms with Crippen LogP contribution in [-0.4, -0.2) is 11.7 Å². The molecule has 0 aliphatic heterocycles. The van der Waals surface area contributed by atoms with E-state index in [0.717, 1.165) is 5.56 Å². The van der Waals surface area contributed by atoms with Gasteiger partial charge in [0.05, 0.1) is 12.9 Å². The molecule has 0 aliphatic carbocycles. The third-order valence-electron chi connectivity index (χ3n) is 1.62. The Balaban J connectivity index is 2.22. The molecule has 74 valence electrons. The zero-order valence-corrected chi connectivity index (χ0v) is 7.97. The molecule has 0 saturated heterocycles. The molecule has 0 unspecified atom stereocenters. The van der Waals surface area contributed by atoms with Crippen molar-refractivity contribution in [1.82, 2.24) is 0 Å². The molecule has 0 aliphatic rings. The minimum atomic E-state index is 0.0586. The van der Waals surface area contributed by atoms with Crippen molar-refractivity contribution in [2.75, 3.05) is 6.61 Å². The van der Waals surface area contributed by atoms with Crippen molar-refractivity contribution in [3.05, 3.63) is 60.4 Å². The molecule has 0 bridgehead atoms. The van der Waals surface area contributed by atoms with Crippen molar-refractivity contribution in [2.24, 2.45) is 0 Å². The summed E-state index contributed by atoms with van der Waals surface area (Å²) in [5.74, 6) is 0. The average Bonchev–Trinajstić information content (AvgIpc) is 2.25. The second-order valence-electron chi connectivity index (χ2n) is 2.74. The molecular formula is C12H14O2. The van der Waals surface area contributed by atoms with Crippen LogP contribution in [0.5, 0.6) is 0 Å². The number of hydrogen-bond acceptors (Lipinski definition) is 2. The Labute approximate surface area is 84.1 Å². The molecule has 0 heterocycles. The van der Waals surface area contributed by atoms with Crippen LogP contribution in [-0.2, 0) is 11.3 Å². The summed E-state index contributed by atoms with van der Waals surface area (Å²) >= 11 is 0. The van der Waals surface area contributed by atoms with Crippen molar-refractivity contribution >= 4 is 0 Å². The summed E-state index contributed by atoms with van der Waals surface area (Å²) in [6, 6.07) is 9.96. The Kier molecular flexibility index (Phi) is 5.21. The maximum Gasteiger partial charge on any atom is 0.112 e. The van der Waals surface area contributed by atoms with Gasteiger partial charge in [-0.05, 0) is 11.6 Å². The van der Waals surface area contributed by atoms with E-state index in [-0.39, 0.29) is 6.61 Å². The molecular weight excluding hydrogens is 176 g/mol. The highest BCUT2D eigenvalue weighted by Gasteiger charge is 1.86. The van der Waals surface area contributed by atoms with Crippen LogP contribution < -0.4 is 0 Å². The van der Waals surface area contributed by atoms with Crippen molar-refractivity contribution in [3.63, 3.8) is 0 Å². The molecule has 0 fully saturated rings. The third kappa shape index (κ3) is 4.48. The van der Waals surface area contributed by atoms with Crippen LogP contribution in [0.2, 0.25) is 0 Å². The number of benzene rings is 1. The minimum absolute atomic E-state index is 0.0586. The maximum absolute atomic E-state index is 8.44. The van der Waals surface area contributed by atoms with Crippen LogP contribution in [0.4, 0.5) is 0 Å². The number of ether oxygens (including phenoxy) is 1. The molecule has 0 atom stereocenters. The first-order valence-electron chi connectivity index (χ1n) is 4.51. The van der Waals surface area contributed by atoms with Gasteiger partial charge in [0.15, 0.2) is 0 Å². The van der Waals surface area contributed by atoms with Gasteiger partial charge < -0.3 is 9.84 Å². The zero-order valence-electron chi connectivity index (χ0n) is 7.97. The monoisotopic (exact) mass is 190 g/mol. The fourth-order valence-electron chi connectivity index (χ4n) is 0.959. The van der Waals surface area contributed by atoms with Crippen LogP contribution in [0, 0.1) is 0 Å². The first kappa shape index (κ1) is 10.5. The zero-order chi connectivity index (χ0) is 10.1. The van der Waals surface area contributed by atoms with E-state index < -0.39 is 0 Å². The van der Waals surface area contributed by atoms with Gasteiger partial charge in [-0.1, -0.05) is 42.5 Å². The summed E-state index contributed by atoms with van der Waals surface area (Å²) < 4.78 is 5.25. The number of aliphatic hydroxyl groups excluding tert-OH is 1. The fraction of sp³-hybridized carbons (Fsp3) is 0.167. The molecule has 0 amide bonds. The minimum Gasteiger partial charge on any atom is -0.497 e. The predicted octanol–water partition coefficient (Wildman–Crippen LogP) is 2.27. The lowest BCUT2D eigenvalue weighted by Gasteiger charge is -1.99. The van der Waals surface area contributed by atoms with Crippen LogP contribution in [0.3, 0.4) is 0 Å². The number of allylic oxidation sites excluding steroid dienone is 2. The normalized spacial score (nSPS) is 11.2. The summed E-state index contributed by atoms with van der Waals surface area (Å²) in [6.07, 6.45) is 6.74. The SMILES string of the molecule is OC/C=C/C=C\OCc1ccccc1. The highest BCUT2D eigenvalue weighted by atomic mass is 16.5. The average molecular weight is 190 g/mol. The number of rotatable bonds is 5. The van der Waals surface area contributed by atoms with E-state index in [1.807, 2.05) is 30.3 Å². The second kappa shape index (κ2) is 6.92. The van der Waals surface area contributed by atoms with Gasteiger partial charge in [0.25, 0.3) is 0 Å². The lowest BCUT2D eigenvalue weighted by molar-refractivity contribution is 0.236. The Morgan fingerprint density at radius 1 is 1.14 bits per heavy atom. The van der Waals surface area contributed by atoms with Crippen LogP contribution in [0.15, 0.2) is 54.8 Å². The number of hydrogen-bond donors (Lipinski definition) is 1. The molecule has 1 aromatic rings. The van der Waals surface area contributed by atoms with Gasteiger partial charge >= 0.3 is 0 Å². The van der Waals surface area contributed by atoms with E-state index >= 15 is 0 Å². The molecule has 2 nitrogen and oxygen atoms in total. The molecule has 14 heavy (non-hydrogen) atoms. The maximum atomic E-state index is 8.44. The quantitative estimate of drug-likeness (QED) is 0.570. The van der Waals surface area contributed by atoms with E-state index in [9.17, 15) is 0 Å². The Bertz CT molecular complexity index is 288. The van der Waals surface area contributed by atoms with Crippen LogP contribution in [0.25, 0.3) is 0 Å². The van der Waals surface area contributed by atoms with Crippen molar-refractivity contribution in [2.45, 2.75) is 6.61 Å². The summed E-state index contributed by atoms with van der Waals surface area (Å²) in [5, 5.41) is 8.44. The van der Waals surface area contributed by atoms with Crippen molar-refractivity contribution < 1.29 is 9.84 Å². The first-order chi connectivity index (χ1) is 6.93. The molecule has 2 heteroatoms. The van der Waals surface area contributed by atoms with E-state index in [1.54, 1.807) is 24.5 Å². The molecule has 1 N–H and O–H groups in total. The summed E-state index contributed by atoms with van der Waals surface area (Å²) in [7, 11) is 0. The summed E-state index contributed by atoms with van der Waals surface area (Å²) in [5.41, 5.74) is 1.14. The Hall–Kier alpha value is -1.54. The Morgan fingerprint density at radius 3 is 2.64 bits per heavy atom.